The Morgan fingerprint density at radius 2 is 1.79 bits per heavy atom. The summed E-state index contributed by atoms with van der Waals surface area (Å²) in [5, 5.41) is 7.70. The van der Waals surface area contributed by atoms with Gasteiger partial charge in [0.2, 0.25) is 5.95 Å². The van der Waals surface area contributed by atoms with Crippen LogP contribution in [0, 0.1) is 6.92 Å². The van der Waals surface area contributed by atoms with Gasteiger partial charge in [0.15, 0.2) is 5.82 Å². The van der Waals surface area contributed by atoms with Gasteiger partial charge in [-0.05, 0) is 42.3 Å². The van der Waals surface area contributed by atoms with Gasteiger partial charge in [0, 0.05) is 30.1 Å². The van der Waals surface area contributed by atoms with Crippen LogP contribution in [-0.2, 0) is 6.54 Å². The molecule has 0 fully saturated rings. The molecule has 2 heterocycles. The fourth-order valence-electron chi connectivity index (χ4n) is 2.87. The summed E-state index contributed by atoms with van der Waals surface area (Å²) in [6, 6.07) is 20.8. The average Bonchev–Trinajstić information content (AvgIpc) is 3.18. The third-order valence-corrected chi connectivity index (χ3v) is 4.44. The fourth-order valence-corrected chi connectivity index (χ4v) is 2.87. The molecule has 0 aliphatic heterocycles. The van der Waals surface area contributed by atoms with Gasteiger partial charge in [-0.15, -0.1) is 5.10 Å². The number of anilines is 1. The molecule has 2 aromatic carbocycles. The van der Waals surface area contributed by atoms with Crippen LogP contribution in [0.2, 0.25) is 0 Å². The van der Waals surface area contributed by atoms with Crippen molar-refractivity contribution in [3.05, 3.63) is 95.8 Å². The van der Waals surface area contributed by atoms with Crippen molar-refractivity contribution < 1.29 is 4.79 Å². The molecule has 28 heavy (non-hydrogen) atoms. The minimum atomic E-state index is -0.240. The summed E-state index contributed by atoms with van der Waals surface area (Å²) in [5.41, 5.74) is 3.60. The van der Waals surface area contributed by atoms with Crippen molar-refractivity contribution in [2.45, 2.75) is 13.5 Å². The summed E-state index contributed by atoms with van der Waals surface area (Å²) in [4.78, 5) is 21.7. The van der Waals surface area contributed by atoms with Crippen LogP contribution in [-0.4, -0.2) is 25.7 Å². The van der Waals surface area contributed by atoms with Crippen molar-refractivity contribution in [1.82, 2.24) is 19.7 Å². The second kappa shape index (κ2) is 7.84. The number of hydrogen-bond acceptors (Lipinski definition) is 5. The van der Waals surface area contributed by atoms with Crippen molar-refractivity contribution >= 4 is 11.9 Å². The summed E-state index contributed by atoms with van der Waals surface area (Å²) in [6.45, 7) is 2.60. The number of hydrogen-bond donors (Lipinski definition) is 1. The summed E-state index contributed by atoms with van der Waals surface area (Å²) < 4.78 is 1.32. The Morgan fingerprint density at radius 3 is 2.54 bits per heavy atom. The average molecular weight is 369 g/mol. The van der Waals surface area contributed by atoms with Crippen LogP contribution in [0.15, 0.2) is 79.1 Å². The number of nitrogens with one attached hydrogen (secondary N) is 1. The topological polar surface area (TPSA) is 72.7 Å². The van der Waals surface area contributed by atoms with Crippen LogP contribution in [0.4, 0.5) is 5.95 Å². The van der Waals surface area contributed by atoms with Crippen molar-refractivity contribution in [3.8, 4) is 11.4 Å². The fraction of sp³-hybridized carbons (Fsp3) is 0.0909. The lowest BCUT2D eigenvalue weighted by atomic mass is 10.1. The molecule has 6 heteroatoms. The molecule has 0 saturated heterocycles. The zero-order valence-electron chi connectivity index (χ0n) is 15.4. The molecule has 0 atom stereocenters. The molecule has 4 rings (SSSR count). The Balaban J connectivity index is 1.70. The number of aromatic nitrogens is 4. The molecule has 138 valence electrons. The molecule has 4 aromatic rings. The van der Waals surface area contributed by atoms with E-state index < -0.39 is 0 Å². The Bertz CT molecular complexity index is 1090. The smallest absolute Gasteiger partial charge is 0.281 e. The van der Waals surface area contributed by atoms with Crippen molar-refractivity contribution in [1.29, 1.82) is 0 Å². The van der Waals surface area contributed by atoms with Crippen LogP contribution in [0.3, 0.4) is 0 Å². The zero-order valence-corrected chi connectivity index (χ0v) is 15.4. The van der Waals surface area contributed by atoms with E-state index in [1.807, 2.05) is 48.5 Å². The van der Waals surface area contributed by atoms with Crippen LogP contribution >= 0.6 is 0 Å². The SMILES string of the molecule is Cc1ccccc1CNc1nc(-c2cccnc2)nn1C(=O)c1ccccc1. The Morgan fingerprint density at radius 1 is 1.00 bits per heavy atom. The number of pyridine rings is 1. The maximum absolute atomic E-state index is 13.0. The van der Waals surface area contributed by atoms with Crippen LogP contribution in [0.1, 0.15) is 21.5 Å². The molecule has 2 aromatic heterocycles. The van der Waals surface area contributed by atoms with Gasteiger partial charge in [-0.1, -0.05) is 42.5 Å². The van der Waals surface area contributed by atoms with Gasteiger partial charge in [0.1, 0.15) is 0 Å². The second-order valence-corrected chi connectivity index (χ2v) is 6.36. The number of nitrogens with zero attached hydrogens (tertiary/aromatic N) is 4. The highest BCUT2D eigenvalue weighted by Gasteiger charge is 2.18. The van der Waals surface area contributed by atoms with Crippen LogP contribution < -0.4 is 5.32 Å². The molecule has 0 saturated carbocycles. The molecule has 0 aliphatic rings. The van der Waals surface area contributed by atoms with Crippen molar-refractivity contribution in [3.63, 3.8) is 0 Å². The van der Waals surface area contributed by atoms with Gasteiger partial charge in [0.05, 0.1) is 0 Å². The quantitative estimate of drug-likeness (QED) is 0.577. The van der Waals surface area contributed by atoms with E-state index >= 15 is 0 Å². The lowest BCUT2D eigenvalue weighted by Crippen LogP contribution is -2.17. The number of carbonyl (C=O) groups is 1. The summed E-state index contributed by atoms with van der Waals surface area (Å²) in [6.07, 6.45) is 3.37. The minimum absolute atomic E-state index is 0.240. The Kier molecular flexibility index (Phi) is 4.93. The van der Waals surface area contributed by atoms with Gasteiger partial charge in [-0.3, -0.25) is 9.78 Å². The lowest BCUT2D eigenvalue weighted by molar-refractivity contribution is 0.0947. The molecule has 0 spiro atoms. The van der Waals surface area contributed by atoms with Gasteiger partial charge in [-0.2, -0.15) is 9.67 Å². The van der Waals surface area contributed by atoms with E-state index in [0.717, 1.165) is 11.1 Å². The van der Waals surface area contributed by atoms with Crippen molar-refractivity contribution in [2.75, 3.05) is 5.32 Å². The van der Waals surface area contributed by atoms with E-state index in [4.69, 9.17) is 0 Å². The highest BCUT2D eigenvalue weighted by atomic mass is 16.2. The third-order valence-electron chi connectivity index (χ3n) is 4.44. The first kappa shape index (κ1) is 17.6. The van der Waals surface area contributed by atoms with Gasteiger partial charge in [-0.25, -0.2) is 0 Å². The number of benzene rings is 2. The van der Waals surface area contributed by atoms with E-state index in [-0.39, 0.29) is 5.91 Å². The number of carbonyl (C=O) groups excluding carboxylic acids is 1. The first-order valence-corrected chi connectivity index (χ1v) is 8.98. The van der Waals surface area contributed by atoms with Crippen molar-refractivity contribution in [2.24, 2.45) is 0 Å². The normalized spacial score (nSPS) is 10.6. The maximum atomic E-state index is 13.0. The molecule has 0 radical (unpaired) electrons. The number of aryl methyl sites for hydroxylation is 1. The molecule has 0 bridgehead atoms. The Hall–Kier alpha value is -3.80. The molecular formula is C22H19N5O. The highest BCUT2D eigenvalue weighted by molar-refractivity contribution is 5.97. The Labute approximate surface area is 162 Å². The maximum Gasteiger partial charge on any atom is 0.281 e. The zero-order chi connectivity index (χ0) is 19.3. The predicted molar refractivity (Wildman–Crippen MR) is 108 cm³/mol. The van der Waals surface area contributed by atoms with Crippen LogP contribution in [0.25, 0.3) is 11.4 Å². The van der Waals surface area contributed by atoms with E-state index in [9.17, 15) is 4.79 Å². The monoisotopic (exact) mass is 369 g/mol. The lowest BCUT2D eigenvalue weighted by Gasteiger charge is -2.09. The predicted octanol–water partition coefficient (Wildman–Crippen LogP) is 3.95. The summed E-state index contributed by atoms with van der Waals surface area (Å²) >= 11 is 0. The van der Waals surface area contributed by atoms with E-state index in [0.29, 0.717) is 23.9 Å². The highest BCUT2D eigenvalue weighted by Crippen LogP contribution is 2.19. The summed E-state index contributed by atoms with van der Waals surface area (Å²) in [5.74, 6) is 0.608. The first-order chi connectivity index (χ1) is 13.7. The first-order valence-electron chi connectivity index (χ1n) is 8.98. The molecule has 0 unspecified atom stereocenters. The molecule has 1 N–H and O–H groups in total. The van der Waals surface area contributed by atoms with Gasteiger partial charge in [0.25, 0.3) is 5.91 Å². The van der Waals surface area contributed by atoms with E-state index in [1.165, 1.54) is 10.2 Å². The van der Waals surface area contributed by atoms with Gasteiger partial charge >= 0.3 is 0 Å². The number of rotatable bonds is 5. The molecule has 0 aliphatic carbocycles. The van der Waals surface area contributed by atoms with Gasteiger partial charge < -0.3 is 5.32 Å². The van der Waals surface area contributed by atoms with E-state index in [2.05, 4.69) is 33.4 Å². The second-order valence-electron chi connectivity index (χ2n) is 6.36. The summed E-state index contributed by atoms with van der Waals surface area (Å²) in [7, 11) is 0. The molecular weight excluding hydrogens is 350 g/mol. The van der Waals surface area contributed by atoms with Crippen LogP contribution in [0.5, 0.6) is 0 Å². The standard InChI is InChI=1S/C22H19N5O/c1-16-8-5-6-11-18(16)15-24-22-25-20(19-12-7-13-23-14-19)26-27(22)21(28)17-9-3-2-4-10-17/h2-14H,15H2,1H3,(H,24,25,26). The molecule has 0 amide bonds. The van der Waals surface area contributed by atoms with E-state index in [1.54, 1.807) is 24.5 Å². The molecule has 6 nitrogen and oxygen atoms in total. The third kappa shape index (κ3) is 3.66. The minimum Gasteiger partial charge on any atom is -0.350 e. The largest absolute Gasteiger partial charge is 0.350 e.